The van der Waals surface area contributed by atoms with Gasteiger partial charge in [-0.05, 0) is 18.8 Å². The lowest BCUT2D eigenvalue weighted by Crippen LogP contribution is -2.65. The molecule has 94 valence electrons. The number of esters is 1. The summed E-state index contributed by atoms with van der Waals surface area (Å²) in [4.78, 5) is 11.5. The minimum absolute atomic E-state index is 0.0119. The standard InChI is InChI=1S/C12H24N2O2/c1-7(2)10(12(13,14)9(5)6)16-11(15)8(3)4/h7,9-10H,3,13-14H2,1-2,4-6H3. The molecule has 4 heteroatoms. The third-order valence-electron chi connectivity index (χ3n) is 2.68. The average molecular weight is 228 g/mol. The molecular weight excluding hydrogens is 204 g/mol. The van der Waals surface area contributed by atoms with Crippen LogP contribution in [0.1, 0.15) is 34.6 Å². The molecule has 0 rings (SSSR count). The van der Waals surface area contributed by atoms with Crippen LogP contribution in [-0.4, -0.2) is 17.7 Å². The largest absolute Gasteiger partial charge is 0.455 e. The maximum Gasteiger partial charge on any atom is 0.333 e. The van der Waals surface area contributed by atoms with Crippen molar-refractivity contribution in [1.82, 2.24) is 0 Å². The van der Waals surface area contributed by atoms with E-state index in [2.05, 4.69) is 6.58 Å². The first kappa shape index (κ1) is 15.1. The summed E-state index contributed by atoms with van der Waals surface area (Å²) in [5.41, 5.74) is 11.4. The Balaban J connectivity index is 4.89. The molecule has 0 spiro atoms. The predicted molar refractivity (Wildman–Crippen MR) is 65.5 cm³/mol. The Morgan fingerprint density at radius 2 is 1.69 bits per heavy atom. The summed E-state index contributed by atoms with van der Waals surface area (Å²) in [7, 11) is 0. The van der Waals surface area contributed by atoms with Crippen LogP contribution >= 0.6 is 0 Å². The first-order valence-electron chi connectivity index (χ1n) is 5.54. The van der Waals surface area contributed by atoms with Crippen molar-refractivity contribution in [2.75, 3.05) is 0 Å². The summed E-state index contributed by atoms with van der Waals surface area (Å²) < 4.78 is 5.31. The fourth-order valence-electron chi connectivity index (χ4n) is 1.36. The molecule has 0 aliphatic heterocycles. The molecule has 4 nitrogen and oxygen atoms in total. The van der Waals surface area contributed by atoms with Crippen molar-refractivity contribution in [1.29, 1.82) is 0 Å². The van der Waals surface area contributed by atoms with Gasteiger partial charge < -0.3 is 16.2 Å². The van der Waals surface area contributed by atoms with Crippen LogP contribution in [0.3, 0.4) is 0 Å². The normalized spacial score (nSPS) is 14.1. The van der Waals surface area contributed by atoms with E-state index in [4.69, 9.17) is 16.2 Å². The molecule has 0 radical (unpaired) electrons. The molecule has 1 unspecified atom stereocenters. The summed E-state index contributed by atoms with van der Waals surface area (Å²) >= 11 is 0. The highest BCUT2D eigenvalue weighted by Gasteiger charge is 2.39. The fourth-order valence-corrected chi connectivity index (χ4v) is 1.36. The zero-order chi connectivity index (χ0) is 13.1. The summed E-state index contributed by atoms with van der Waals surface area (Å²) in [6.07, 6.45) is -0.517. The van der Waals surface area contributed by atoms with Gasteiger partial charge in [-0.2, -0.15) is 0 Å². The van der Waals surface area contributed by atoms with E-state index in [-0.39, 0.29) is 11.8 Å². The number of carbonyl (C=O) groups is 1. The molecule has 0 saturated heterocycles. The first-order chi connectivity index (χ1) is 7.10. The molecule has 0 amide bonds. The second kappa shape index (κ2) is 5.46. The van der Waals surface area contributed by atoms with Crippen molar-refractivity contribution in [2.45, 2.75) is 46.4 Å². The molecular formula is C12H24N2O2. The van der Waals surface area contributed by atoms with Gasteiger partial charge in [0.1, 0.15) is 11.8 Å². The van der Waals surface area contributed by atoms with Crippen LogP contribution in [0.25, 0.3) is 0 Å². The molecule has 0 aliphatic carbocycles. The molecule has 0 aromatic rings. The lowest BCUT2D eigenvalue weighted by atomic mass is 9.86. The van der Waals surface area contributed by atoms with E-state index in [1.165, 1.54) is 0 Å². The highest BCUT2D eigenvalue weighted by molar-refractivity contribution is 5.87. The van der Waals surface area contributed by atoms with Crippen molar-refractivity contribution < 1.29 is 9.53 Å². The maximum atomic E-state index is 11.5. The SMILES string of the molecule is C=C(C)C(=O)OC(C(C)C)C(N)(N)C(C)C. The molecule has 0 aliphatic rings. The van der Waals surface area contributed by atoms with Gasteiger partial charge in [-0.3, -0.25) is 0 Å². The Kier molecular flexibility index (Phi) is 5.16. The van der Waals surface area contributed by atoms with Gasteiger partial charge in [0, 0.05) is 5.57 Å². The summed E-state index contributed by atoms with van der Waals surface area (Å²) in [6.45, 7) is 12.8. The molecule has 16 heavy (non-hydrogen) atoms. The lowest BCUT2D eigenvalue weighted by molar-refractivity contribution is -0.152. The van der Waals surface area contributed by atoms with E-state index in [1.807, 2.05) is 27.7 Å². The Labute approximate surface area is 98.0 Å². The van der Waals surface area contributed by atoms with Crippen LogP contribution in [0.2, 0.25) is 0 Å². The van der Waals surface area contributed by atoms with Crippen LogP contribution in [-0.2, 0) is 9.53 Å². The van der Waals surface area contributed by atoms with Crippen LogP contribution in [0, 0.1) is 11.8 Å². The van der Waals surface area contributed by atoms with Crippen LogP contribution in [0.15, 0.2) is 12.2 Å². The van der Waals surface area contributed by atoms with Crippen LogP contribution in [0.5, 0.6) is 0 Å². The predicted octanol–water partition coefficient (Wildman–Crippen LogP) is 1.40. The molecule has 4 N–H and O–H groups in total. The second-order valence-electron chi connectivity index (χ2n) is 5.00. The van der Waals surface area contributed by atoms with Crippen molar-refractivity contribution in [3.63, 3.8) is 0 Å². The quantitative estimate of drug-likeness (QED) is 0.423. The summed E-state index contributed by atoms with van der Waals surface area (Å²) in [6, 6.07) is 0. The number of ether oxygens (including phenoxy) is 1. The van der Waals surface area contributed by atoms with Gasteiger partial charge in [-0.15, -0.1) is 0 Å². The van der Waals surface area contributed by atoms with E-state index in [0.29, 0.717) is 5.57 Å². The topological polar surface area (TPSA) is 78.3 Å². The second-order valence-corrected chi connectivity index (χ2v) is 5.00. The minimum Gasteiger partial charge on any atom is -0.455 e. The smallest absolute Gasteiger partial charge is 0.333 e. The van der Waals surface area contributed by atoms with Gasteiger partial charge in [-0.25, -0.2) is 4.79 Å². The Morgan fingerprint density at radius 1 is 1.25 bits per heavy atom. The van der Waals surface area contributed by atoms with Crippen molar-refractivity contribution in [3.05, 3.63) is 12.2 Å². The molecule has 1 atom stereocenters. The van der Waals surface area contributed by atoms with E-state index < -0.39 is 17.7 Å². The number of hydrogen-bond donors (Lipinski definition) is 2. The molecule has 0 bridgehead atoms. The van der Waals surface area contributed by atoms with E-state index in [1.54, 1.807) is 6.92 Å². The van der Waals surface area contributed by atoms with Crippen molar-refractivity contribution in [3.8, 4) is 0 Å². The Morgan fingerprint density at radius 3 is 1.94 bits per heavy atom. The molecule has 0 aromatic carbocycles. The zero-order valence-electron chi connectivity index (χ0n) is 10.9. The Hall–Kier alpha value is -0.870. The maximum absolute atomic E-state index is 11.5. The number of rotatable bonds is 5. The third kappa shape index (κ3) is 3.61. The highest BCUT2D eigenvalue weighted by Crippen LogP contribution is 2.22. The van der Waals surface area contributed by atoms with Gasteiger partial charge in [0.2, 0.25) is 0 Å². The van der Waals surface area contributed by atoms with Gasteiger partial charge in [0.05, 0.1) is 0 Å². The number of hydrogen-bond acceptors (Lipinski definition) is 4. The molecule has 0 saturated carbocycles. The zero-order valence-corrected chi connectivity index (χ0v) is 10.9. The lowest BCUT2D eigenvalue weighted by Gasteiger charge is -2.38. The number of nitrogens with two attached hydrogens (primary N) is 2. The van der Waals surface area contributed by atoms with Crippen LogP contribution < -0.4 is 11.5 Å². The van der Waals surface area contributed by atoms with Gasteiger partial charge in [-0.1, -0.05) is 34.3 Å². The molecule has 0 heterocycles. The van der Waals surface area contributed by atoms with Crippen LogP contribution in [0.4, 0.5) is 0 Å². The van der Waals surface area contributed by atoms with E-state index in [9.17, 15) is 4.79 Å². The third-order valence-corrected chi connectivity index (χ3v) is 2.68. The molecule has 0 fully saturated rings. The average Bonchev–Trinajstić information content (AvgIpc) is 2.12. The monoisotopic (exact) mass is 228 g/mol. The van der Waals surface area contributed by atoms with E-state index in [0.717, 1.165) is 0 Å². The highest BCUT2D eigenvalue weighted by atomic mass is 16.5. The molecule has 0 aromatic heterocycles. The number of carbonyl (C=O) groups excluding carboxylic acids is 1. The van der Waals surface area contributed by atoms with Gasteiger partial charge >= 0.3 is 5.97 Å². The van der Waals surface area contributed by atoms with Gasteiger partial charge in [0.15, 0.2) is 0 Å². The van der Waals surface area contributed by atoms with E-state index >= 15 is 0 Å². The van der Waals surface area contributed by atoms with Gasteiger partial charge in [0.25, 0.3) is 0 Å². The van der Waals surface area contributed by atoms with Crippen molar-refractivity contribution >= 4 is 5.97 Å². The Bertz CT molecular complexity index is 270. The summed E-state index contributed by atoms with van der Waals surface area (Å²) in [5.74, 6) is -0.377. The minimum atomic E-state index is -1.03. The fraction of sp³-hybridized carbons (Fsp3) is 0.750. The first-order valence-corrected chi connectivity index (χ1v) is 5.54. The van der Waals surface area contributed by atoms with Crippen molar-refractivity contribution in [2.24, 2.45) is 23.3 Å². The summed E-state index contributed by atoms with van der Waals surface area (Å²) in [5, 5.41) is 0.